The summed E-state index contributed by atoms with van der Waals surface area (Å²) in [5.41, 5.74) is 2.85. The summed E-state index contributed by atoms with van der Waals surface area (Å²) in [6.45, 7) is 0.574. The van der Waals surface area contributed by atoms with Crippen molar-refractivity contribution in [3.8, 4) is 5.75 Å². The Morgan fingerprint density at radius 1 is 1.12 bits per heavy atom. The molecule has 34 heavy (non-hydrogen) atoms. The molecule has 8 nitrogen and oxygen atoms in total. The molecule has 0 saturated carbocycles. The first-order chi connectivity index (χ1) is 16.2. The summed E-state index contributed by atoms with van der Waals surface area (Å²) < 4.78 is 42.6. The quantitative estimate of drug-likeness (QED) is 0.559. The van der Waals surface area contributed by atoms with Gasteiger partial charge in [0.05, 0.1) is 13.5 Å². The van der Waals surface area contributed by atoms with Crippen molar-refractivity contribution in [3.63, 3.8) is 0 Å². The normalized spacial score (nSPS) is 12.9. The molecule has 0 unspecified atom stereocenters. The highest BCUT2D eigenvalue weighted by molar-refractivity contribution is 7.89. The first-order valence-corrected chi connectivity index (χ1v) is 11.9. The number of nitrogens with one attached hydrogen (secondary N) is 1. The van der Waals surface area contributed by atoms with Crippen LogP contribution in [0.1, 0.15) is 21.5 Å². The van der Waals surface area contributed by atoms with Crippen LogP contribution in [0, 0.1) is 5.82 Å². The summed E-state index contributed by atoms with van der Waals surface area (Å²) in [6.07, 6.45) is 0.457. The topological polar surface area (TPSA) is 119 Å². The smallest absolute Gasteiger partial charge is 0.258 e. The summed E-state index contributed by atoms with van der Waals surface area (Å²) >= 11 is 0. The van der Waals surface area contributed by atoms with Gasteiger partial charge in [0.25, 0.3) is 5.91 Å². The van der Waals surface area contributed by atoms with Crippen LogP contribution < -0.4 is 20.1 Å². The largest absolute Gasteiger partial charge is 0.492 e. The maximum atomic E-state index is 14.3. The number of benzene rings is 3. The van der Waals surface area contributed by atoms with Crippen molar-refractivity contribution in [3.05, 3.63) is 83.2 Å². The summed E-state index contributed by atoms with van der Waals surface area (Å²) in [5, 5.41) is 7.80. The predicted octanol–water partition coefficient (Wildman–Crippen LogP) is 2.87. The maximum Gasteiger partial charge on any atom is 0.258 e. The first-order valence-electron chi connectivity index (χ1n) is 10.4. The second kappa shape index (κ2) is 9.24. The second-order valence-electron chi connectivity index (χ2n) is 7.80. The van der Waals surface area contributed by atoms with Gasteiger partial charge in [0.15, 0.2) is 11.6 Å². The molecule has 3 N–H and O–H groups in total. The van der Waals surface area contributed by atoms with Gasteiger partial charge in [-0.3, -0.25) is 9.59 Å². The predicted molar refractivity (Wildman–Crippen MR) is 125 cm³/mol. The number of hydrogen-bond acceptors (Lipinski definition) is 5. The van der Waals surface area contributed by atoms with Gasteiger partial charge in [-0.15, -0.1) is 0 Å². The van der Waals surface area contributed by atoms with E-state index < -0.39 is 32.4 Å². The number of primary sulfonamides is 1. The summed E-state index contributed by atoms with van der Waals surface area (Å²) in [5.74, 6) is -2.17. The van der Waals surface area contributed by atoms with Crippen LogP contribution in [-0.2, 0) is 27.7 Å². The van der Waals surface area contributed by atoms with Gasteiger partial charge in [0.1, 0.15) is 4.90 Å². The molecule has 3 aromatic carbocycles. The van der Waals surface area contributed by atoms with Crippen molar-refractivity contribution in [1.82, 2.24) is 0 Å². The van der Waals surface area contributed by atoms with Crippen molar-refractivity contribution in [1.29, 1.82) is 0 Å². The second-order valence-corrected chi connectivity index (χ2v) is 9.33. The lowest BCUT2D eigenvalue weighted by Crippen LogP contribution is -2.29. The number of anilines is 2. The van der Waals surface area contributed by atoms with E-state index in [2.05, 4.69) is 5.32 Å². The van der Waals surface area contributed by atoms with Gasteiger partial charge in [-0.2, -0.15) is 0 Å². The molecule has 0 spiro atoms. The van der Waals surface area contributed by atoms with Crippen molar-refractivity contribution >= 4 is 33.2 Å². The molecular formula is C24H22FN3O5S. The minimum Gasteiger partial charge on any atom is -0.492 e. The molecule has 0 aliphatic carbocycles. The molecule has 10 heteroatoms. The molecule has 0 atom stereocenters. The number of sulfonamides is 1. The average Bonchev–Trinajstić information content (AvgIpc) is 3.22. The zero-order valence-corrected chi connectivity index (χ0v) is 19.1. The molecule has 0 bridgehead atoms. The SMILES string of the molecule is COc1c(F)cc(CC(=O)Nc2cccc(C(=O)N3CCc4ccccc43)c2)cc1S(N)(=O)=O. The van der Waals surface area contributed by atoms with E-state index in [4.69, 9.17) is 9.88 Å². The number of halogens is 1. The van der Waals surface area contributed by atoms with E-state index in [-0.39, 0.29) is 17.9 Å². The lowest BCUT2D eigenvalue weighted by molar-refractivity contribution is -0.115. The van der Waals surface area contributed by atoms with Gasteiger partial charge >= 0.3 is 0 Å². The molecule has 1 aliphatic heterocycles. The lowest BCUT2D eigenvalue weighted by Gasteiger charge is -2.18. The van der Waals surface area contributed by atoms with Crippen LogP contribution >= 0.6 is 0 Å². The monoisotopic (exact) mass is 483 g/mol. The Hall–Kier alpha value is -3.76. The Kier molecular flexibility index (Phi) is 6.36. The summed E-state index contributed by atoms with van der Waals surface area (Å²) in [7, 11) is -3.15. The number of fused-ring (bicyclic) bond motifs is 1. The lowest BCUT2D eigenvalue weighted by atomic mass is 10.1. The zero-order chi connectivity index (χ0) is 24.5. The Morgan fingerprint density at radius 3 is 2.62 bits per heavy atom. The van der Waals surface area contributed by atoms with Crippen LogP contribution in [0.25, 0.3) is 0 Å². The zero-order valence-electron chi connectivity index (χ0n) is 18.2. The number of carbonyl (C=O) groups is 2. The fraction of sp³-hybridized carbons (Fsp3) is 0.167. The third-order valence-electron chi connectivity index (χ3n) is 5.47. The maximum absolute atomic E-state index is 14.3. The van der Waals surface area contributed by atoms with Crippen molar-refractivity contribution in [2.24, 2.45) is 5.14 Å². The van der Waals surface area contributed by atoms with Crippen LogP contribution in [0.3, 0.4) is 0 Å². The Balaban J connectivity index is 1.51. The summed E-state index contributed by atoms with van der Waals surface area (Å²) in [4.78, 5) is 26.8. The standard InChI is InChI=1S/C24H22FN3O5S/c1-33-23-19(25)11-15(12-21(23)34(26,31)32)13-22(29)27-18-7-4-6-17(14-18)24(30)28-10-9-16-5-2-3-8-20(16)28/h2-8,11-12,14H,9-10,13H2,1H3,(H,27,29)(H2,26,31,32). The number of nitrogens with two attached hydrogens (primary N) is 1. The first kappa shape index (κ1) is 23.4. The van der Waals surface area contributed by atoms with E-state index in [9.17, 15) is 22.4 Å². The molecule has 176 valence electrons. The van der Waals surface area contributed by atoms with Crippen molar-refractivity contribution < 1.29 is 27.1 Å². The number of carbonyl (C=O) groups excluding carboxylic acids is 2. The number of ether oxygens (including phenoxy) is 1. The van der Waals surface area contributed by atoms with Gasteiger partial charge in [0, 0.05) is 23.5 Å². The number of methoxy groups -OCH3 is 1. The number of hydrogen-bond donors (Lipinski definition) is 2. The fourth-order valence-corrected chi connectivity index (χ4v) is 4.71. The third-order valence-corrected chi connectivity index (χ3v) is 6.39. The molecule has 1 heterocycles. The van der Waals surface area contributed by atoms with Gasteiger partial charge in [-0.1, -0.05) is 24.3 Å². The van der Waals surface area contributed by atoms with E-state index in [0.29, 0.717) is 17.8 Å². The average molecular weight is 484 g/mol. The molecule has 2 amide bonds. The van der Waals surface area contributed by atoms with Crippen molar-refractivity contribution in [2.75, 3.05) is 23.9 Å². The molecule has 3 aromatic rings. The van der Waals surface area contributed by atoms with E-state index in [1.807, 2.05) is 24.3 Å². The highest BCUT2D eigenvalue weighted by atomic mass is 32.2. The van der Waals surface area contributed by atoms with Crippen LogP contribution in [0.5, 0.6) is 5.75 Å². The highest BCUT2D eigenvalue weighted by Gasteiger charge is 2.25. The summed E-state index contributed by atoms with van der Waals surface area (Å²) in [6, 6.07) is 16.3. The molecule has 0 saturated heterocycles. The van der Waals surface area contributed by atoms with Gasteiger partial charge in [-0.05, 0) is 53.9 Å². The van der Waals surface area contributed by atoms with Gasteiger partial charge in [-0.25, -0.2) is 17.9 Å². The molecule has 0 fully saturated rings. The van der Waals surface area contributed by atoms with Gasteiger partial charge < -0.3 is 15.0 Å². The van der Waals surface area contributed by atoms with Crippen molar-refractivity contribution in [2.45, 2.75) is 17.7 Å². The van der Waals surface area contributed by atoms with E-state index >= 15 is 0 Å². The molecule has 4 rings (SSSR count). The Morgan fingerprint density at radius 2 is 1.88 bits per heavy atom. The fourth-order valence-electron chi connectivity index (χ4n) is 3.96. The molecule has 0 aromatic heterocycles. The number of amides is 2. The van der Waals surface area contributed by atoms with E-state index in [1.165, 1.54) is 0 Å². The van der Waals surface area contributed by atoms with Crippen LogP contribution in [0.4, 0.5) is 15.8 Å². The number of nitrogens with zero attached hydrogens (tertiary/aromatic N) is 1. The molecule has 1 aliphatic rings. The number of para-hydroxylation sites is 1. The highest BCUT2D eigenvalue weighted by Crippen LogP contribution is 2.30. The van der Waals surface area contributed by atoms with Crippen LogP contribution in [0.2, 0.25) is 0 Å². The molecule has 0 radical (unpaired) electrons. The van der Waals surface area contributed by atoms with Crippen LogP contribution in [0.15, 0.2) is 65.6 Å². The minimum absolute atomic E-state index is 0.0979. The third kappa shape index (κ3) is 4.78. The molecular weight excluding hydrogens is 461 g/mol. The Bertz CT molecular complexity index is 1390. The van der Waals surface area contributed by atoms with E-state index in [0.717, 1.165) is 36.9 Å². The van der Waals surface area contributed by atoms with E-state index in [1.54, 1.807) is 29.2 Å². The van der Waals surface area contributed by atoms with Crippen LogP contribution in [-0.4, -0.2) is 33.9 Å². The van der Waals surface area contributed by atoms with Gasteiger partial charge in [0.2, 0.25) is 15.9 Å². The minimum atomic E-state index is -4.27. The number of rotatable bonds is 6. The Labute approximate surface area is 196 Å².